The minimum Gasteiger partial charge on any atom is -0.379 e. The van der Waals surface area contributed by atoms with E-state index in [0.29, 0.717) is 43.1 Å². The summed E-state index contributed by atoms with van der Waals surface area (Å²) in [4.78, 5) is 6.79. The van der Waals surface area contributed by atoms with E-state index in [1.807, 2.05) is 6.92 Å². The van der Waals surface area contributed by atoms with E-state index in [-0.39, 0.29) is 4.90 Å². The van der Waals surface area contributed by atoms with E-state index in [4.69, 9.17) is 4.74 Å². The van der Waals surface area contributed by atoms with Gasteiger partial charge in [0.1, 0.15) is 10.7 Å². The molecule has 2 rings (SSSR count). The first-order valence-electron chi connectivity index (χ1n) is 6.27. The molecule has 1 aliphatic heterocycles. The lowest BCUT2D eigenvalue weighted by atomic mass is 10.4. The molecule has 0 atom stereocenters. The van der Waals surface area contributed by atoms with Gasteiger partial charge in [0.05, 0.1) is 13.2 Å². The molecule has 0 radical (unpaired) electrons. The Balaban J connectivity index is 2.25. The monoisotopic (exact) mass is 364 g/mol. The van der Waals surface area contributed by atoms with Crippen LogP contribution in [0.1, 0.15) is 6.92 Å². The first-order chi connectivity index (χ1) is 9.53. The standard InChI is InChI=1S/C11H17BrN4O3S/c1-2-13-11-10(7-9(12)8-14-11)20(17,18)15-16-3-5-19-6-4-16/h7-8,15H,2-6H2,1H3,(H,13,14). The highest BCUT2D eigenvalue weighted by atomic mass is 79.9. The average Bonchev–Trinajstić information content (AvgIpc) is 2.41. The van der Waals surface area contributed by atoms with Gasteiger partial charge in [-0.3, -0.25) is 0 Å². The molecule has 0 saturated carbocycles. The first kappa shape index (κ1) is 15.6. The summed E-state index contributed by atoms with van der Waals surface area (Å²) in [6, 6.07) is 1.54. The fourth-order valence-electron chi connectivity index (χ4n) is 1.80. The molecule has 2 heterocycles. The minimum absolute atomic E-state index is 0.125. The number of hydrazine groups is 1. The molecule has 0 amide bonds. The van der Waals surface area contributed by atoms with Crippen LogP contribution < -0.4 is 10.1 Å². The molecule has 9 heteroatoms. The normalized spacial score (nSPS) is 17.1. The molecule has 0 spiro atoms. The fourth-order valence-corrected chi connectivity index (χ4v) is 3.56. The Morgan fingerprint density at radius 1 is 1.45 bits per heavy atom. The Morgan fingerprint density at radius 3 is 2.80 bits per heavy atom. The van der Waals surface area contributed by atoms with Crippen molar-refractivity contribution in [2.75, 3.05) is 38.2 Å². The maximum atomic E-state index is 12.5. The van der Waals surface area contributed by atoms with E-state index >= 15 is 0 Å². The fraction of sp³-hybridized carbons (Fsp3) is 0.545. The van der Waals surface area contributed by atoms with Gasteiger partial charge >= 0.3 is 0 Å². The molecular formula is C11H17BrN4O3S. The first-order valence-corrected chi connectivity index (χ1v) is 8.55. The molecule has 112 valence electrons. The smallest absolute Gasteiger partial charge is 0.257 e. The largest absolute Gasteiger partial charge is 0.379 e. The molecule has 2 N–H and O–H groups in total. The van der Waals surface area contributed by atoms with Crippen LogP contribution in [-0.4, -0.2) is 51.3 Å². The van der Waals surface area contributed by atoms with E-state index < -0.39 is 10.0 Å². The van der Waals surface area contributed by atoms with Gasteiger partial charge in [0.25, 0.3) is 10.0 Å². The number of pyridine rings is 1. The zero-order valence-electron chi connectivity index (χ0n) is 11.1. The van der Waals surface area contributed by atoms with Crippen LogP contribution in [0.5, 0.6) is 0 Å². The summed E-state index contributed by atoms with van der Waals surface area (Å²) in [6.45, 7) is 4.55. The van der Waals surface area contributed by atoms with Gasteiger partial charge in [-0.25, -0.2) is 18.4 Å². The summed E-state index contributed by atoms with van der Waals surface area (Å²) in [6.07, 6.45) is 1.56. The Morgan fingerprint density at radius 2 is 2.15 bits per heavy atom. The molecule has 1 fully saturated rings. The summed E-state index contributed by atoms with van der Waals surface area (Å²) in [5, 5.41) is 4.59. The number of nitrogens with one attached hydrogen (secondary N) is 2. The summed E-state index contributed by atoms with van der Waals surface area (Å²) in [5.41, 5.74) is 0. The Kier molecular flexibility index (Phi) is 5.33. The third kappa shape index (κ3) is 3.89. The number of rotatable bonds is 5. The van der Waals surface area contributed by atoms with Crippen LogP contribution in [0, 0.1) is 0 Å². The van der Waals surface area contributed by atoms with Crippen molar-refractivity contribution in [1.29, 1.82) is 0 Å². The van der Waals surface area contributed by atoms with Crippen LogP contribution in [0.2, 0.25) is 0 Å². The predicted molar refractivity (Wildman–Crippen MR) is 78.8 cm³/mol. The molecule has 0 unspecified atom stereocenters. The van der Waals surface area contributed by atoms with Gasteiger partial charge in [0, 0.05) is 30.3 Å². The number of aromatic nitrogens is 1. The third-order valence-corrected chi connectivity index (χ3v) is 4.54. The van der Waals surface area contributed by atoms with Gasteiger partial charge in [-0.2, -0.15) is 0 Å². The van der Waals surface area contributed by atoms with Crippen molar-refractivity contribution in [3.63, 3.8) is 0 Å². The third-order valence-electron chi connectivity index (χ3n) is 2.71. The van der Waals surface area contributed by atoms with Gasteiger partial charge in [0.15, 0.2) is 0 Å². The van der Waals surface area contributed by atoms with E-state index in [0.717, 1.165) is 0 Å². The molecule has 1 aliphatic rings. The Labute approximate surface area is 126 Å². The topological polar surface area (TPSA) is 83.6 Å². The van der Waals surface area contributed by atoms with Crippen molar-refractivity contribution in [1.82, 2.24) is 14.8 Å². The molecule has 7 nitrogen and oxygen atoms in total. The Bertz CT molecular complexity index is 561. The number of hydrogen-bond acceptors (Lipinski definition) is 6. The van der Waals surface area contributed by atoms with Crippen LogP contribution in [-0.2, 0) is 14.8 Å². The highest BCUT2D eigenvalue weighted by Gasteiger charge is 2.24. The van der Waals surface area contributed by atoms with E-state index in [2.05, 4.69) is 31.1 Å². The lowest BCUT2D eigenvalue weighted by molar-refractivity contribution is 0.0272. The van der Waals surface area contributed by atoms with Crippen LogP contribution >= 0.6 is 15.9 Å². The van der Waals surface area contributed by atoms with Gasteiger partial charge in [-0.05, 0) is 28.9 Å². The molecule has 0 aromatic carbocycles. The lowest BCUT2D eigenvalue weighted by Crippen LogP contribution is -2.48. The number of hydrogen-bond donors (Lipinski definition) is 2. The summed E-state index contributed by atoms with van der Waals surface area (Å²) >= 11 is 3.25. The highest BCUT2D eigenvalue weighted by molar-refractivity contribution is 9.10. The van der Waals surface area contributed by atoms with Crippen molar-refractivity contribution < 1.29 is 13.2 Å². The lowest BCUT2D eigenvalue weighted by Gasteiger charge is -2.27. The quantitative estimate of drug-likeness (QED) is 0.803. The van der Waals surface area contributed by atoms with Crippen LogP contribution in [0.4, 0.5) is 5.82 Å². The van der Waals surface area contributed by atoms with Crippen LogP contribution in [0.3, 0.4) is 0 Å². The number of morpholine rings is 1. The second-order valence-electron chi connectivity index (χ2n) is 4.22. The van der Waals surface area contributed by atoms with Crippen molar-refractivity contribution in [2.24, 2.45) is 0 Å². The molecule has 0 aliphatic carbocycles. The molecule has 1 aromatic heterocycles. The SMILES string of the molecule is CCNc1ncc(Br)cc1S(=O)(=O)NN1CCOCC1. The van der Waals surface area contributed by atoms with Gasteiger partial charge in [0.2, 0.25) is 0 Å². The summed E-state index contributed by atoms with van der Waals surface area (Å²) in [7, 11) is -3.67. The van der Waals surface area contributed by atoms with Crippen molar-refractivity contribution >= 4 is 31.8 Å². The number of halogens is 1. The molecule has 0 bridgehead atoms. The van der Waals surface area contributed by atoms with Crippen molar-refractivity contribution in [2.45, 2.75) is 11.8 Å². The maximum Gasteiger partial charge on any atom is 0.257 e. The van der Waals surface area contributed by atoms with Gasteiger partial charge < -0.3 is 10.1 Å². The molecule has 20 heavy (non-hydrogen) atoms. The van der Waals surface area contributed by atoms with Crippen molar-refractivity contribution in [3.05, 3.63) is 16.7 Å². The van der Waals surface area contributed by atoms with Gasteiger partial charge in [-0.15, -0.1) is 4.83 Å². The highest BCUT2D eigenvalue weighted by Crippen LogP contribution is 2.22. The average molecular weight is 365 g/mol. The minimum atomic E-state index is -3.67. The van der Waals surface area contributed by atoms with E-state index in [9.17, 15) is 8.42 Å². The molecular weight excluding hydrogens is 348 g/mol. The number of sulfonamides is 1. The number of anilines is 1. The summed E-state index contributed by atoms with van der Waals surface area (Å²) in [5.74, 6) is 0.344. The maximum absolute atomic E-state index is 12.5. The van der Waals surface area contributed by atoms with Crippen LogP contribution in [0.15, 0.2) is 21.6 Å². The van der Waals surface area contributed by atoms with E-state index in [1.165, 1.54) is 6.07 Å². The van der Waals surface area contributed by atoms with Crippen molar-refractivity contribution in [3.8, 4) is 0 Å². The molecule has 1 saturated heterocycles. The predicted octanol–water partition coefficient (Wildman–Crippen LogP) is 0.801. The number of nitrogens with zero attached hydrogens (tertiary/aromatic N) is 2. The second kappa shape index (κ2) is 6.81. The zero-order valence-corrected chi connectivity index (χ0v) is 13.5. The van der Waals surface area contributed by atoms with Gasteiger partial charge in [-0.1, -0.05) is 0 Å². The van der Waals surface area contributed by atoms with Crippen LogP contribution in [0.25, 0.3) is 0 Å². The summed E-state index contributed by atoms with van der Waals surface area (Å²) < 4.78 is 30.7. The number of ether oxygens (including phenoxy) is 1. The Hall–Kier alpha value is -0.740. The zero-order chi connectivity index (χ0) is 14.6. The second-order valence-corrected chi connectivity index (χ2v) is 6.77. The molecule has 1 aromatic rings. The van der Waals surface area contributed by atoms with E-state index in [1.54, 1.807) is 11.2 Å².